The Morgan fingerprint density at radius 3 is 2.00 bits per heavy atom. The summed E-state index contributed by atoms with van der Waals surface area (Å²) in [6.07, 6.45) is 2.08. The maximum absolute atomic E-state index is 5.96. The molecule has 0 fully saturated rings. The summed E-state index contributed by atoms with van der Waals surface area (Å²) in [5.41, 5.74) is 1.25. The Kier molecular flexibility index (Phi) is 3.56. The third kappa shape index (κ3) is 2.76. The summed E-state index contributed by atoms with van der Waals surface area (Å²) in [5, 5.41) is 0. The molecule has 0 atom stereocenters. The van der Waals surface area contributed by atoms with Crippen LogP contribution in [0.2, 0.25) is 0 Å². The molecule has 0 amide bonds. The third-order valence-corrected chi connectivity index (χ3v) is 2.88. The van der Waals surface area contributed by atoms with Gasteiger partial charge in [0.2, 0.25) is 0 Å². The van der Waals surface area contributed by atoms with Gasteiger partial charge < -0.3 is 4.74 Å². The number of aryl methyl sites for hydroxylation is 1. The predicted molar refractivity (Wildman–Crippen MR) is 60.8 cm³/mol. The first kappa shape index (κ1) is 11.1. The van der Waals surface area contributed by atoms with E-state index < -0.39 is 0 Å². The quantitative estimate of drug-likeness (QED) is 0.701. The summed E-state index contributed by atoms with van der Waals surface area (Å²) in [6.45, 7) is 8.57. The van der Waals surface area contributed by atoms with Crippen LogP contribution in [-0.4, -0.2) is 5.60 Å². The van der Waals surface area contributed by atoms with Crippen molar-refractivity contribution in [1.29, 1.82) is 0 Å². The Labute approximate surface area is 87.1 Å². The van der Waals surface area contributed by atoms with Crippen LogP contribution in [0.15, 0.2) is 24.3 Å². The van der Waals surface area contributed by atoms with E-state index >= 15 is 0 Å². The molecule has 14 heavy (non-hydrogen) atoms. The average molecular weight is 192 g/mol. The molecular weight excluding hydrogens is 172 g/mol. The van der Waals surface area contributed by atoms with Crippen LogP contribution in [0.5, 0.6) is 5.75 Å². The van der Waals surface area contributed by atoms with Crippen molar-refractivity contribution >= 4 is 0 Å². The molecule has 0 aliphatic carbocycles. The lowest BCUT2D eigenvalue weighted by atomic mass is 10.00. The summed E-state index contributed by atoms with van der Waals surface area (Å²) in [5.74, 6) is 0.974. The van der Waals surface area contributed by atoms with E-state index in [9.17, 15) is 0 Å². The van der Waals surface area contributed by atoms with Gasteiger partial charge in [0.1, 0.15) is 11.4 Å². The first-order valence-corrected chi connectivity index (χ1v) is 5.35. The van der Waals surface area contributed by atoms with E-state index in [-0.39, 0.29) is 5.60 Å². The highest BCUT2D eigenvalue weighted by Crippen LogP contribution is 2.24. The van der Waals surface area contributed by atoms with Crippen molar-refractivity contribution in [2.45, 2.75) is 46.1 Å². The molecule has 0 bridgehead atoms. The number of ether oxygens (including phenoxy) is 1. The molecule has 0 heterocycles. The molecule has 0 radical (unpaired) electrons. The Bertz CT molecular complexity index is 270. The van der Waals surface area contributed by atoms with Crippen LogP contribution in [0.25, 0.3) is 0 Å². The maximum atomic E-state index is 5.96. The van der Waals surface area contributed by atoms with Gasteiger partial charge in [0.25, 0.3) is 0 Å². The van der Waals surface area contributed by atoms with Gasteiger partial charge >= 0.3 is 0 Å². The van der Waals surface area contributed by atoms with Crippen LogP contribution in [-0.2, 0) is 0 Å². The fourth-order valence-electron chi connectivity index (χ4n) is 1.29. The largest absolute Gasteiger partial charge is 0.488 e. The van der Waals surface area contributed by atoms with Crippen LogP contribution in [0, 0.1) is 6.92 Å². The van der Waals surface area contributed by atoms with E-state index in [1.165, 1.54) is 5.56 Å². The van der Waals surface area contributed by atoms with Gasteiger partial charge in [-0.05, 0) is 38.8 Å². The van der Waals surface area contributed by atoms with Crippen molar-refractivity contribution in [3.05, 3.63) is 29.8 Å². The van der Waals surface area contributed by atoms with Crippen molar-refractivity contribution < 1.29 is 4.74 Å². The van der Waals surface area contributed by atoms with Crippen LogP contribution in [0.3, 0.4) is 0 Å². The van der Waals surface area contributed by atoms with Gasteiger partial charge in [-0.15, -0.1) is 0 Å². The fourth-order valence-corrected chi connectivity index (χ4v) is 1.29. The van der Waals surface area contributed by atoms with E-state index in [1.54, 1.807) is 0 Å². The minimum Gasteiger partial charge on any atom is -0.488 e. The van der Waals surface area contributed by atoms with E-state index in [4.69, 9.17) is 4.74 Å². The maximum Gasteiger partial charge on any atom is 0.120 e. The summed E-state index contributed by atoms with van der Waals surface area (Å²) in [7, 11) is 0. The molecule has 0 aliphatic heterocycles. The molecule has 1 rings (SSSR count). The molecule has 0 N–H and O–H groups in total. The molecule has 1 aromatic carbocycles. The van der Waals surface area contributed by atoms with E-state index in [2.05, 4.69) is 39.8 Å². The van der Waals surface area contributed by atoms with Crippen molar-refractivity contribution in [2.75, 3.05) is 0 Å². The summed E-state index contributed by atoms with van der Waals surface area (Å²) in [4.78, 5) is 0. The summed E-state index contributed by atoms with van der Waals surface area (Å²) in [6, 6.07) is 8.25. The van der Waals surface area contributed by atoms with Gasteiger partial charge in [-0.25, -0.2) is 0 Å². The van der Waals surface area contributed by atoms with Crippen LogP contribution < -0.4 is 4.74 Å². The zero-order chi connectivity index (χ0) is 10.6. The highest BCUT2D eigenvalue weighted by atomic mass is 16.5. The number of hydrogen-bond donors (Lipinski definition) is 0. The van der Waals surface area contributed by atoms with E-state index in [1.807, 2.05) is 12.1 Å². The topological polar surface area (TPSA) is 9.23 Å². The van der Waals surface area contributed by atoms with Crippen LogP contribution in [0.1, 0.15) is 39.2 Å². The lowest BCUT2D eigenvalue weighted by Gasteiger charge is -2.28. The SMILES string of the molecule is CCC(C)(CC)Oc1ccc(C)cc1. The molecule has 1 heteroatoms. The normalized spacial score (nSPS) is 11.4. The highest BCUT2D eigenvalue weighted by molar-refractivity contribution is 5.26. The second-order valence-electron chi connectivity index (χ2n) is 4.07. The Balaban J connectivity index is 2.72. The van der Waals surface area contributed by atoms with E-state index in [0.717, 1.165) is 18.6 Å². The number of hydrogen-bond acceptors (Lipinski definition) is 1. The average Bonchev–Trinajstić information content (AvgIpc) is 2.21. The van der Waals surface area contributed by atoms with Gasteiger partial charge in [0, 0.05) is 0 Å². The summed E-state index contributed by atoms with van der Waals surface area (Å²) >= 11 is 0. The Hall–Kier alpha value is -0.980. The smallest absolute Gasteiger partial charge is 0.120 e. The molecule has 0 aliphatic rings. The first-order chi connectivity index (χ1) is 6.59. The minimum absolute atomic E-state index is 0.0186. The molecule has 0 unspecified atom stereocenters. The lowest BCUT2D eigenvalue weighted by Crippen LogP contribution is -2.30. The molecule has 0 saturated heterocycles. The number of benzene rings is 1. The monoisotopic (exact) mass is 192 g/mol. The number of rotatable bonds is 4. The van der Waals surface area contributed by atoms with Crippen molar-refractivity contribution in [1.82, 2.24) is 0 Å². The third-order valence-electron chi connectivity index (χ3n) is 2.88. The zero-order valence-electron chi connectivity index (χ0n) is 9.63. The van der Waals surface area contributed by atoms with Gasteiger partial charge in [-0.2, -0.15) is 0 Å². The molecule has 1 nitrogen and oxygen atoms in total. The predicted octanol–water partition coefficient (Wildman–Crippen LogP) is 3.95. The lowest BCUT2D eigenvalue weighted by molar-refractivity contribution is 0.0803. The Morgan fingerprint density at radius 1 is 1.07 bits per heavy atom. The first-order valence-electron chi connectivity index (χ1n) is 5.35. The van der Waals surface area contributed by atoms with Gasteiger partial charge in [0.05, 0.1) is 0 Å². The summed E-state index contributed by atoms with van der Waals surface area (Å²) < 4.78 is 5.96. The molecule has 0 aromatic heterocycles. The zero-order valence-corrected chi connectivity index (χ0v) is 9.63. The van der Waals surface area contributed by atoms with Gasteiger partial charge in [0.15, 0.2) is 0 Å². The molecule has 78 valence electrons. The molecule has 1 aromatic rings. The van der Waals surface area contributed by atoms with Crippen molar-refractivity contribution in [3.63, 3.8) is 0 Å². The van der Waals surface area contributed by atoms with Crippen molar-refractivity contribution in [2.24, 2.45) is 0 Å². The Morgan fingerprint density at radius 2 is 1.57 bits per heavy atom. The standard InChI is InChI=1S/C13H20O/c1-5-13(4,6-2)14-12-9-7-11(3)8-10-12/h7-10H,5-6H2,1-4H3. The fraction of sp³-hybridized carbons (Fsp3) is 0.538. The minimum atomic E-state index is -0.0186. The molecule has 0 spiro atoms. The van der Waals surface area contributed by atoms with Crippen molar-refractivity contribution in [3.8, 4) is 5.75 Å². The highest BCUT2D eigenvalue weighted by Gasteiger charge is 2.21. The molecule has 0 saturated carbocycles. The van der Waals surface area contributed by atoms with Gasteiger partial charge in [-0.3, -0.25) is 0 Å². The van der Waals surface area contributed by atoms with Gasteiger partial charge in [-0.1, -0.05) is 31.5 Å². The van der Waals surface area contributed by atoms with E-state index in [0.29, 0.717) is 0 Å². The van der Waals surface area contributed by atoms with Crippen LogP contribution in [0.4, 0.5) is 0 Å². The second kappa shape index (κ2) is 4.50. The molecular formula is C13H20O. The second-order valence-corrected chi connectivity index (χ2v) is 4.07. The van der Waals surface area contributed by atoms with Crippen LogP contribution >= 0.6 is 0 Å².